The molecule has 0 aliphatic carbocycles. The molecule has 1 aliphatic rings. The summed E-state index contributed by atoms with van der Waals surface area (Å²) < 4.78 is 44.1. The number of rotatable bonds is 6. The molecule has 2 amide bonds. The largest absolute Gasteiger partial charge is 0.459 e. The van der Waals surface area contributed by atoms with Crippen LogP contribution in [0.15, 0.2) is 41.0 Å². The number of hydrogen-bond donors (Lipinski definition) is 2. The van der Waals surface area contributed by atoms with Crippen molar-refractivity contribution in [2.75, 3.05) is 29.9 Å². The average molecular weight is 395 g/mol. The minimum Gasteiger partial charge on any atom is -0.459 e. The third-order valence-electron chi connectivity index (χ3n) is 4.43. The van der Waals surface area contributed by atoms with Crippen molar-refractivity contribution in [2.24, 2.45) is 0 Å². The van der Waals surface area contributed by atoms with Crippen LogP contribution in [-0.2, 0) is 11.0 Å². The van der Waals surface area contributed by atoms with Crippen LogP contribution in [0.4, 0.5) is 24.5 Å². The van der Waals surface area contributed by atoms with Gasteiger partial charge in [-0.1, -0.05) is 0 Å². The van der Waals surface area contributed by atoms with E-state index in [1.165, 1.54) is 18.4 Å². The number of alkyl halides is 3. The van der Waals surface area contributed by atoms with Crippen LogP contribution in [0.1, 0.15) is 35.4 Å². The van der Waals surface area contributed by atoms with Crippen molar-refractivity contribution < 1.29 is 27.2 Å². The molecule has 0 bridgehead atoms. The highest BCUT2D eigenvalue weighted by atomic mass is 19.4. The fraction of sp³-hybridized carbons (Fsp3) is 0.368. The molecular formula is C19H20F3N3O3. The zero-order chi connectivity index (χ0) is 20.1. The van der Waals surface area contributed by atoms with E-state index < -0.39 is 23.6 Å². The highest BCUT2D eigenvalue weighted by Crippen LogP contribution is 2.36. The van der Waals surface area contributed by atoms with Crippen molar-refractivity contribution in [1.82, 2.24) is 5.32 Å². The second kappa shape index (κ2) is 8.37. The van der Waals surface area contributed by atoms with E-state index in [4.69, 9.17) is 4.42 Å². The van der Waals surface area contributed by atoms with Gasteiger partial charge in [0.2, 0.25) is 5.91 Å². The fourth-order valence-electron chi connectivity index (χ4n) is 3.04. The zero-order valence-corrected chi connectivity index (χ0v) is 15.0. The van der Waals surface area contributed by atoms with Crippen LogP contribution in [0.2, 0.25) is 0 Å². The molecule has 0 radical (unpaired) electrons. The molecule has 3 rings (SSSR count). The van der Waals surface area contributed by atoms with Crippen molar-refractivity contribution >= 4 is 23.2 Å². The lowest BCUT2D eigenvalue weighted by atomic mass is 10.1. The number of nitrogens with one attached hydrogen (secondary N) is 2. The van der Waals surface area contributed by atoms with Crippen LogP contribution in [-0.4, -0.2) is 31.4 Å². The zero-order valence-electron chi connectivity index (χ0n) is 15.0. The van der Waals surface area contributed by atoms with Gasteiger partial charge < -0.3 is 20.0 Å². The third kappa shape index (κ3) is 4.85. The maximum Gasteiger partial charge on any atom is 0.416 e. The fourth-order valence-corrected chi connectivity index (χ4v) is 3.04. The number of amides is 2. The average Bonchev–Trinajstić information content (AvgIpc) is 3.35. The van der Waals surface area contributed by atoms with Crippen LogP contribution in [0.25, 0.3) is 0 Å². The minimum absolute atomic E-state index is 0.0311. The highest BCUT2D eigenvalue weighted by Gasteiger charge is 2.32. The minimum atomic E-state index is -4.50. The van der Waals surface area contributed by atoms with Crippen molar-refractivity contribution in [3.63, 3.8) is 0 Å². The molecule has 1 aromatic heterocycles. The third-order valence-corrected chi connectivity index (χ3v) is 4.43. The van der Waals surface area contributed by atoms with Gasteiger partial charge >= 0.3 is 6.18 Å². The van der Waals surface area contributed by atoms with Gasteiger partial charge in [0.15, 0.2) is 5.76 Å². The number of halogens is 3. The summed E-state index contributed by atoms with van der Waals surface area (Å²) in [6.07, 6.45) is -1.32. The maximum absolute atomic E-state index is 13.1. The summed E-state index contributed by atoms with van der Waals surface area (Å²) in [7, 11) is 0. The molecule has 150 valence electrons. The first-order chi connectivity index (χ1) is 13.3. The van der Waals surface area contributed by atoms with Gasteiger partial charge in [-0.2, -0.15) is 13.2 Å². The number of benzene rings is 1. The predicted molar refractivity (Wildman–Crippen MR) is 97.2 cm³/mol. The molecular weight excluding hydrogens is 375 g/mol. The number of anilines is 2. The van der Waals surface area contributed by atoms with Crippen LogP contribution in [0.3, 0.4) is 0 Å². The number of furan rings is 1. The summed E-state index contributed by atoms with van der Waals surface area (Å²) in [6.45, 7) is 1.49. The Labute approximate surface area is 159 Å². The highest BCUT2D eigenvalue weighted by molar-refractivity contribution is 5.95. The first kappa shape index (κ1) is 19.8. The van der Waals surface area contributed by atoms with Crippen molar-refractivity contribution in [2.45, 2.75) is 25.4 Å². The van der Waals surface area contributed by atoms with Crippen LogP contribution < -0.4 is 15.5 Å². The topological polar surface area (TPSA) is 74.6 Å². The van der Waals surface area contributed by atoms with E-state index in [2.05, 4.69) is 10.6 Å². The molecule has 0 spiro atoms. The van der Waals surface area contributed by atoms with Crippen LogP contribution in [0.5, 0.6) is 0 Å². The van der Waals surface area contributed by atoms with Gasteiger partial charge in [0.05, 0.1) is 23.2 Å². The van der Waals surface area contributed by atoms with Gasteiger partial charge in [-0.15, -0.1) is 0 Å². The summed E-state index contributed by atoms with van der Waals surface area (Å²) >= 11 is 0. The predicted octanol–water partition coefficient (Wildman–Crippen LogP) is 3.66. The first-order valence-corrected chi connectivity index (χ1v) is 8.92. The SMILES string of the molecule is O=C(CCNC(=O)c1ccco1)Nc1cc(C(F)(F)F)ccc1N1CCCC1. The van der Waals surface area contributed by atoms with Crippen molar-refractivity contribution in [3.8, 4) is 0 Å². The lowest BCUT2D eigenvalue weighted by molar-refractivity contribution is -0.137. The van der Waals surface area contributed by atoms with Gasteiger partial charge in [0.25, 0.3) is 5.91 Å². The second-order valence-electron chi connectivity index (χ2n) is 6.46. The first-order valence-electron chi connectivity index (χ1n) is 8.92. The second-order valence-corrected chi connectivity index (χ2v) is 6.46. The number of carbonyl (C=O) groups is 2. The summed E-state index contributed by atoms with van der Waals surface area (Å²) in [5.41, 5.74) is -0.130. The molecule has 1 fully saturated rings. The van der Waals surface area contributed by atoms with E-state index in [0.717, 1.165) is 38.1 Å². The summed E-state index contributed by atoms with van der Waals surface area (Å²) in [4.78, 5) is 25.9. The Balaban J connectivity index is 1.65. The van der Waals surface area contributed by atoms with E-state index in [-0.39, 0.29) is 24.4 Å². The van der Waals surface area contributed by atoms with Gasteiger partial charge in [-0.3, -0.25) is 9.59 Å². The summed E-state index contributed by atoms with van der Waals surface area (Å²) in [5, 5.41) is 5.08. The van der Waals surface area contributed by atoms with Gasteiger partial charge in [-0.25, -0.2) is 0 Å². The van der Waals surface area contributed by atoms with Gasteiger partial charge in [-0.05, 0) is 43.2 Å². The lowest BCUT2D eigenvalue weighted by Crippen LogP contribution is -2.28. The van der Waals surface area contributed by atoms with E-state index in [1.807, 2.05) is 4.90 Å². The maximum atomic E-state index is 13.1. The molecule has 1 aliphatic heterocycles. The molecule has 1 aromatic carbocycles. The van der Waals surface area contributed by atoms with E-state index in [0.29, 0.717) is 5.69 Å². The van der Waals surface area contributed by atoms with Crippen LogP contribution >= 0.6 is 0 Å². The monoisotopic (exact) mass is 395 g/mol. The quantitative estimate of drug-likeness (QED) is 0.783. The van der Waals surface area contributed by atoms with E-state index in [9.17, 15) is 22.8 Å². The van der Waals surface area contributed by atoms with Gasteiger partial charge in [0.1, 0.15) is 0 Å². The molecule has 28 heavy (non-hydrogen) atoms. The Morgan fingerprint density at radius 3 is 2.54 bits per heavy atom. The van der Waals surface area contributed by atoms with Gasteiger partial charge in [0, 0.05) is 26.1 Å². The van der Waals surface area contributed by atoms with E-state index in [1.54, 1.807) is 6.07 Å². The molecule has 0 unspecified atom stereocenters. The molecule has 2 aromatic rings. The number of nitrogens with zero attached hydrogens (tertiary/aromatic N) is 1. The molecule has 0 atom stereocenters. The van der Waals surface area contributed by atoms with Crippen LogP contribution in [0, 0.1) is 0 Å². The number of carbonyl (C=O) groups excluding carboxylic acids is 2. The standard InChI is InChI=1S/C19H20F3N3O3/c20-19(21,22)13-5-6-15(25-9-1-2-10-25)14(12-13)24-17(26)7-8-23-18(27)16-4-3-11-28-16/h3-6,11-12H,1-2,7-10H2,(H,23,27)(H,24,26). The molecule has 2 N–H and O–H groups in total. The Bertz CT molecular complexity index is 829. The number of hydrogen-bond acceptors (Lipinski definition) is 4. The normalized spacial score (nSPS) is 14.2. The smallest absolute Gasteiger partial charge is 0.416 e. The Hall–Kier alpha value is -2.97. The Morgan fingerprint density at radius 2 is 1.89 bits per heavy atom. The summed E-state index contributed by atoms with van der Waals surface area (Å²) in [5.74, 6) is -0.830. The molecule has 1 saturated heterocycles. The molecule has 9 heteroatoms. The lowest BCUT2D eigenvalue weighted by Gasteiger charge is -2.23. The molecule has 2 heterocycles. The van der Waals surface area contributed by atoms with Crippen molar-refractivity contribution in [3.05, 3.63) is 47.9 Å². The Kier molecular flexibility index (Phi) is 5.91. The molecule has 6 nitrogen and oxygen atoms in total. The van der Waals surface area contributed by atoms with E-state index >= 15 is 0 Å². The molecule has 0 saturated carbocycles. The summed E-state index contributed by atoms with van der Waals surface area (Å²) in [6, 6.07) is 6.41. The van der Waals surface area contributed by atoms with Crippen molar-refractivity contribution in [1.29, 1.82) is 0 Å². The Morgan fingerprint density at radius 1 is 1.14 bits per heavy atom.